The number of methoxy groups -OCH3 is 1. The molecule has 1 N–H and O–H groups in total. The quantitative estimate of drug-likeness (QED) is 0.716. The van der Waals surface area contributed by atoms with Crippen molar-refractivity contribution in [2.24, 2.45) is 0 Å². The number of benzene rings is 1. The van der Waals surface area contributed by atoms with Crippen LogP contribution in [-0.2, 0) is 13.1 Å². The van der Waals surface area contributed by atoms with Crippen LogP contribution in [0, 0.1) is 0 Å². The van der Waals surface area contributed by atoms with E-state index in [1.54, 1.807) is 13.2 Å². The highest BCUT2D eigenvalue weighted by Gasteiger charge is 2.09. The van der Waals surface area contributed by atoms with Gasteiger partial charge in [-0.25, -0.2) is 15.0 Å². The summed E-state index contributed by atoms with van der Waals surface area (Å²) in [5.41, 5.74) is 2.34. The van der Waals surface area contributed by atoms with Crippen molar-refractivity contribution in [3.8, 4) is 5.88 Å². The lowest BCUT2D eigenvalue weighted by atomic mass is 10.2. The van der Waals surface area contributed by atoms with Gasteiger partial charge in [-0.05, 0) is 11.6 Å². The molecule has 2 aromatic heterocycles. The molecule has 0 spiro atoms. The van der Waals surface area contributed by atoms with Crippen LogP contribution in [0.5, 0.6) is 5.88 Å². The van der Waals surface area contributed by atoms with Crippen molar-refractivity contribution >= 4 is 11.6 Å². The van der Waals surface area contributed by atoms with Crippen LogP contribution in [0.2, 0.25) is 0 Å². The number of hydrogen-bond acceptors (Lipinski definition) is 6. The van der Waals surface area contributed by atoms with E-state index in [2.05, 4.69) is 43.4 Å². The van der Waals surface area contributed by atoms with E-state index in [-0.39, 0.29) is 0 Å². The van der Waals surface area contributed by atoms with Gasteiger partial charge in [-0.15, -0.1) is 0 Å². The molecule has 3 aromatic rings. The molecule has 0 fully saturated rings. The molecule has 6 heteroatoms. The highest BCUT2D eigenvalue weighted by atomic mass is 16.5. The third kappa shape index (κ3) is 4.44. The number of pyridine rings is 1. The molecule has 1 aromatic carbocycles. The molecule has 0 saturated carbocycles. The standard InChI is InChI=1S/C19H21N5O/c1-24(13-15-7-4-3-5-8-15)19-16(9-6-10-20-19)12-21-17-11-18(25-2)23-14-22-17/h3-11,14H,12-13H2,1-2H3,(H,21,22,23). The lowest BCUT2D eigenvalue weighted by Crippen LogP contribution is -2.20. The number of anilines is 2. The molecule has 0 aliphatic rings. The maximum absolute atomic E-state index is 5.12. The highest BCUT2D eigenvalue weighted by molar-refractivity contribution is 5.49. The SMILES string of the molecule is COc1cc(NCc2cccnc2N(C)Cc2ccccc2)ncn1. The normalized spacial score (nSPS) is 10.3. The average Bonchev–Trinajstić information content (AvgIpc) is 2.67. The van der Waals surface area contributed by atoms with Crippen LogP contribution in [0.25, 0.3) is 0 Å². The summed E-state index contributed by atoms with van der Waals surface area (Å²) in [6.45, 7) is 1.41. The first kappa shape index (κ1) is 16.7. The molecular formula is C19H21N5O. The Balaban J connectivity index is 1.72. The Morgan fingerprint density at radius 3 is 2.68 bits per heavy atom. The van der Waals surface area contributed by atoms with E-state index < -0.39 is 0 Å². The van der Waals surface area contributed by atoms with Gasteiger partial charge in [-0.1, -0.05) is 36.4 Å². The van der Waals surface area contributed by atoms with Crippen LogP contribution in [0.3, 0.4) is 0 Å². The Hall–Kier alpha value is -3.15. The zero-order valence-electron chi connectivity index (χ0n) is 14.4. The summed E-state index contributed by atoms with van der Waals surface area (Å²) in [4.78, 5) is 14.9. The monoisotopic (exact) mass is 335 g/mol. The van der Waals surface area contributed by atoms with Gasteiger partial charge in [0.25, 0.3) is 0 Å². The molecule has 0 bridgehead atoms. The fourth-order valence-electron chi connectivity index (χ4n) is 2.58. The van der Waals surface area contributed by atoms with E-state index in [1.165, 1.54) is 11.9 Å². The minimum atomic E-state index is 0.533. The van der Waals surface area contributed by atoms with Crippen molar-refractivity contribution in [2.45, 2.75) is 13.1 Å². The Morgan fingerprint density at radius 2 is 1.88 bits per heavy atom. The summed E-state index contributed by atoms with van der Waals surface area (Å²) >= 11 is 0. The Labute approximate surface area is 147 Å². The van der Waals surface area contributed by atoms with Crippen LogP contribution in [0.4, 0.5) is 11.6 Å². The van der Waals surface area contributed by atoms with Crippen LogP contribution in [-0.4, -0.2) is 29.1 Å². The third-order valence-electron chi connectivity index (χ3n) is 3.80. The molecule has 3 rings (SSSR count). The molecule has 2 heterocycles. The Kier molecular flexibility index (Phi) is 5.41. The lowest BCUT2D eigenvalue weighted by molar-refractivity contribution is 0.397. The van der Waals surface area contributed by atoms with Crippen LogP contribution in [0.15, 0.2) is 61.1 Å². The number of aromatic nitrogens is 3. The van der Waals surface area contributed by atoms with Crippen molar-refractivity contribution in [3.63, 3.8) is 0 Å². The van der Waals surface area contributed by atoms with E-state index in [9.17, 15) is 0 Å². The molecule has 25 heavy (non-hydrogen) atoms. The molecule has 0 amide bonds. The second-order valence-electron chi connectivity index (χ2n) is 5.63. The minimum Gasteiger partial charge on any atom is -0.481 e. The van der Waals surface area contributed by atoms with Gasteiger partial charge in [-0.2, -0.15) is 0 Å². The Bertz CT molecular complexity index is 810. The predicted molar refractivity (Wildman–Crippen MR) is 98.7 cm³/mol. The largest absolute Gasteiger partial charge is 0.481 e. The van der Waals surface area contributed by atoms with Crippen LogP contribution < -0.4 is 15.0 Å². The van der Waals surface area contributed by atoms with Gasteiger partial charge in [0.1, 0.15) is 18.0 Å². The summed E-state index contributed by atoms with van der Waals surface area (Å²) in [6, 6.07) is 16.1. The maximum Gasteiger partial charge on any atom is 0.218 e. The topological polar surface area (TPSA) is 63.2 Å². The zero-order valence-corrected chi connectivity index (χ0v) is 14.4. The summed E-state index contributed by atoms with van der Waals surface area (Å²) in [5.74, 6) is 2.19. The summed E-state index contributed by atoms with van der Waals surface area (Å²) in [5, 5.41) is 3.30. The number of hydrogen-bond donors (Lipinski definition) is 1. The van der Waals surface area contributed by atoms with Gasteiger partial charge in [0, 0.05) is 38.0 Å². The summed E-state index contributed by atoms with van der Waals surface area (Å²) in [7, 11) is 3.64. The van der Waals surface area contributed by atoms with Gasteiger partial charge in [0.15, 0.2) is 0 Å². The predicted octanol–water partition coefficient (Wildman–Crippen LogP) is 3.13. The molecule has 6 nitrogen and oxygen atoms in total. The van der Waals surface area contributed by atoms with E-state index in [1.807, 2.05) is 37.5 Å². The van der Waals surface area contributed by atoms with Crippen molar-refractivity contribution < 1.29 is 4.74 Å². The number of nitrogens with zero attached hydrogens (tertiary/aromatic N) is 4. The molecule has 0 atom stereocenters. The molecular weight excluding hydrogens is 314 g/mol. The lowest BCUT2D eigenvalue weighted by Gasteiger charge is -2.21. The Morgan fingerprint density at radius 1 is 1.04 bits per heavy atom. The third-order valence-corrected chi connectivity index (χ3v) is 3.80. The fraction of sp³-hybridized carbons (Fsp3) is 0.211. The molecule has 0 aliphatic carbocycles. The smallest absolute Gasteiger partial charge is 0.218 e. The first-order chi connectivity index (χ1) is 12.3. The molecule has 0 aliphatic heterocycles. The van der Waals surface area contributed by atoms with Crippen LogP contribution >= 0.6 is 0 Å². The van der Waals surface area contributed by atoms with Crippen molar-refractivity contribution in [1.82, 2.24) is 15.0 Å². The van der Waals surface area contributed by atoms with E-state index in [0.29, 0.717) is 18.2 Å². The van der Waals surface area contributed by atoms with E-state index in [0.717, 1.165) is 17.9 Å². The molecule has 0 unspecified atom stereocenters. The van der Waals surface area contributed by atoms with Crippen molar-refractivity contribution in [2.75, 3.05) is 24.4 Å². The maximum atomic E-state index is 5.12. The number of rotatable bonds is 7. The van der Waals surface area contributed by atoms with Gasteiger partial charge in [0.05, 0.1) is 7.11 Å². The van der Waals surface area contributed by atoms with E-state index >= 15 is 0 Å². The zero-order chi connectivity index (χ0) is 17.5. The second-order valence-corrected chi connectivity index (χ2v) is 5.63. The average molecular weight is 335 g/mol. The van der Waals surface area contributed by atoms with Gasteiger partial charge in [-0.3, -0.25) is 0 Å². The summed E-state index contributed by atoms with van der Waals surface area (Å²) in [6.07, 6.45) is 3.29. The van der Waals surface area contributed by atoms with E-state index in [4.69, 9.17) is 4.74 Å². The highest BCUT2D eigenvalue weighted by Crippen LogP contribution is 2.20. The number of ether oxygens (including phenoxy) is 1. The summed E-state index contributed by atoms with van der Waals surface area (Å²) < 4.78 is 5.12. The minimum absolute atomic E-state index is 0.533. The second kappa shape index (κ2) is 8.10. The fourth-order valence-corrected chi connectivity index (χ4v) is 2.58. The molecule has 128 valence electrons. The van der Waals surface area contributed by atoms with Crippen molar-refractivity contribution in [3.05, 3.63) is 72.2 Å². The van der Waals surface area contributed by atoms with Crippen LogP contribution in [0.1, 0.15) is 11.1 Å². The van der Waals surface area contributed by atoms with Crippen molar-refractivity contribution in [1.29, 1.82) is 0 Å². The van der Waals surface area contributed by atoms with Gasteiger partial charge in [0.2, 0.25) is 5.88 Å². The number of nitrogens with one attached hydrogen (secondary N) is 1. The first-order valence-corrected chi connectivity index (χ1v) is 8.05. The molecule has 0 saturated heterocycles. The van der Waals surface area contributed by atoms with Gasteiger partial charge >= 0.3 is 0 Å². The molecule has 0 radical (unpaired) electrons. The van der Waals surface area contributed by atoms with Gasteiger partial charge < -0.3 is 15.0 Å². The first-order valence-electron chi connectivity index (χ1n) is 8.05.